The molecule has 2 rings (SSSR count). The first-order chi connectivity index (χ1) is 9.80. The van der Waals surface area contributed by atoms with E-state index in [4.69, 9.17) is 0 Å². The van der Waals surface area contributed by atoms with Gasteiger partial charge >= 0.3 is 6.18 Å². The summed E-state index contributed by atoms with van der Waals surface area (Å²) in [6.07, 6.45) is -1.68. The van der Waals surface area contributed by atoms with Crippen molar-refractivity contribution in [2.24, 2.45) is 0 Å². The number of alkyl halides is 3. The van der Waals surface area contributed by atoms with Crippen molar-refractivity contribution in [1.29, 1.82) is 0 Å². The van der Waals surface area contributed by atoms with Gasteiger partial charge in [-0.3, -0.25) is 9.78 Å². The molecule has 1 aromatic carbocycles. The molecule has 0 atom stereocenters. The summed E-state index contributed by atoms with van der Waals surface area (Å²) in [5, 5.41) is 0. The fourth-order valence-electron chi connectivity index (χ4n) is 1.79. The van der Waals surface area contributed by atoms with Crippen LogP contribution in [0.25, 0.3) is 0 Å². The highest BCUT2D eigenvalue weighted by Crippen LogP contribution is 2.34. The predicted octanol–water partition coefficient (Wildman–Crippen LogP) is 4.14. The molecule has 1 amide bonds. The maximum Gasteiger partial charge on any atom is 0.417 e. The third-order valence-corrected chi connectivity index (χ3v) is 3.35. The molecule has 7 heteroatoms. The van der Waals surface area contributed by atoms with Crippen molar-refractivity contribution in [2.45, 2.75) is 6.18 Å². The summed E-state index contributed by atoms with van der Waals surface area (Å²) in [6, 6.07) is 6.65. The molecule has 0 aliphatic carbocycles. The molecular formula is C14H10BrF3N2O. The van der Waals surface area contributed by atoms with Crippen molar-refractivity contribution in [3.05, 3.63) is 58.3 Å². The van der Waals surface area contributed by atoms with E-state index < -0.39 is 23.2 Å². The highest BCUT2D eigenvalue weighted by Gasteiger charge is 2.36. The van der Waals surface area contributed by atoms with Gasteiger partial charge in [0.25, 0.3) is 5.91 Å². The molecule has 21 heavy (non-hydrogen) atoms. The van der Waals surface area contributed by atoms with Crippen molar-refractivity contribution in [3.63, 3.8) is 0 Å². The number of rotatable bonds is 2. The van der Waals surface area contributed by atoms with Gasteiger partial charge in [-0.25, -0.2) is 0 Å². The first-order valence-corrected chi connectivity index (χ1v) is 6.65. The number of anilines is 1. The Morgan fingerprint density at radius 3 is 2.57 bits per heavy atom. The standard InChI is InChI=1S/C14H10BrF3N2O/c1-20(10-3-2-6-19-8-10)13(21)11-5-4-9(15)7-12(11)14(16,17)18/h2-8H,1H3. The van der Waals surface area contributed by atoms with Crippen molar-refractivity contribution in [1.82, 2.24) is 4.98 Å². The van der Waals surface area contributed by atoms with Crippen LogP contribution >= 0.6 is 15.9 Å². The monoisotopic (exact) mass is 358 g/mol. The highest BCUT2D eigenvalue weighted by molar-refractivity contribution is 9.10. The summed E-state index contributed by atoms with van der Waals surface area (Å²) in [4.78, 5) is 17.3. The van der Waals surface area contributed by atoms with Crippen molar-refractivity contribution < 1.29 is 18.0 Å². The lowest BCUT2D eigenvalue weighted by Gasteiger charge is -2.20. The smallest absolute Gasteiger partial charge is 0.310 e. The van der Waals surface area contributed by atoms with Crippen LogP contribution in [-0.4, -0.2) is 17.9 Å². The average molecular weight is 359 g/mol. The summed E-state index contributed by atoms with van der Waals surface area (Å²) >= 11 is 2.98. The molecule has 1 aromatic heterocycles. The number of pyridine rings is 1. The van der Waals surface area contributed by atoms with Gasteiger partial charge in [0.2, 0.25) is 0 Å². The lowest BCUT2D eigenvalue weighted by molar-refractivity contribution is -0.137. The average Bonchev–Trinajstić information content (AvgIpc) is 2.45. The van der Waals surface area contributed by atoms with Gasteiger partial charge in [-0.1, -0.05) is 15.9 Å². The molecule has 2 aromatic rings. The third-order valence-electron chi connectivity index (χ3n) is 2.86. The van der Waals surface area contributed by atoms with Crippen LogP contribution in [0.3, 0.4) is 0 Å². The van der Waals surface area contributed by atoms with Crippen LogP contribution in [-0.2, 0) is 6.18 Å². The van der Waals surface area contributed by atoms with Gasteiger partial charge in [-0.2, -0.15) is 13.2 Å². The molecule has 0 aliphatic rings. The molecule has 0 spiro atoms. The molecule has 1 heterocycles. The molecule has 0 N–H and O–H groups in total. The van der Waals surface area contributed by atoms with Gasteiger partial charge in [0, 0.05) is 17.7 Å². The largest absolute Gasteiger partial charge is 0.417 e. The number of hydrogen-bond acceptors (Lipinski definition) is 2. The number of carbonyl (C=O) groups excluding carboxylic acids is 1. The number of carbonyl (C=O) groups is 1. The number of halogens is 4. The second-order valence-corrected chi connectivity index (χ2v) is 5.18. The first-order valence-electron chi connectivity index (χ1n) is 5.85. The Morgan fingerprint density at radius 2 is 2.00 bits per heavy atom. The third kappa shape index (κ3) is 3.41. The molecule has 110 valence electrons. The van der Waals surface area contributed by atoms with Gasteiger partial charge < -0.3 is 4.90 Å². The van der Waals surface area contributed by atoms with Gasteiger partial charge in [0.15, 0.2) is 0 Å². The van der Waals surface area contributed by atoms with E-state index in [0.717, 1.165) is 17.0 Å². The minimum Gasteiger partial charge on any atom is -0.310 e. The van der Waals surface area contributed by atoms with Crippen LogP contribution in [0, 0.1) is 0 Å². The Balaban J connectivity index is 2.45. The molecule has 0 saturated heterocycles. The Hall–Kier alpha value is -1.89. The second kappa shape index (κ2) is 5.85. The summed E-state index contributed by atoms with van der Waals surface area (Å²) in [5.41, 5.74) is -0.965. The van der Waals surface area contributed by atoms with Gasteiger partial charge in [-0.05, 0) is 30.3 Å². The van der Waals surface area contributed by atoms with Crippen LogP contribution in [0.5, 0.6) is 0 Å². The topological polar surface area (TPSA) is 33.2 Å². The maximum atomic E-state index is 13.1. The Morgan fingerprint density at radius 1 is 1.29 bits per heavy atom. The van der Waals surface area contributed by atoms with E-state index in [9.17, 15) is 18.0 Å². The molecule has 0 fully saturated rings. The minimum atomic E-state index is -4.61. The van der Waals surface area contributed by atoms with Crippen LogP contribution in [0.4, 0.5) is 18.9 Å². The van der Waals surface area contributed by atoms with Gasteiger partial charge in [0.1, 0.15) is 0 Å². The van der Waals surface area contributed by atoms with E-state index in [0.29, 0.717) is 5.69 Å². The van der Waals surface area contributed by atoms with Crippen molar-refractivity contribution in [3.8, 4) is 0 Å². The van der Waals surface area contributed by atoms with Crippen LogP contribution in [0.2, 0.25) is 0 Å². The Labute approximate surface area is 127 Å². The zero-order valence-electron chi connectivity index (χ0n) is 10.9. The lowest BCUT2D eigenvalue weighted by atomic mass is 10.1. The quantitative estimate of drug-likeness (QED) is 0.808. The Bertz CT molecular complexity index is 659. The molecule has 0 aliphatic heterocycles. The SMILES string of the molecule is CN(C(=O)c1ccc(Br)cc1C(F)(F)F)c1cccnc1. The fraction of sp³-hybridized carbons (Fsp3) is 0.143. The zero-order valence-corrected chi connectivity index (χ0v) is 12.4. The number of amides is 1. The second-order valence-electron chi connectivity index (χ2n) is 4.26. The molecule has 0 saturated carbocycles. The highest BCUT2D eigenvalue weighted by atomic mass is 79.9. The van der Waals surface area contributed by atoms with E-state index in [2.05, 4.69) is 20.9 Å². The lowest BCUT2D eigenvalue weighted by Crippen LogP contribution is -2.28. The molecular weight excluding hydrogens is 349 g/mol. The summed E-state index contributed by atoms with van der Waals surface area (Å²) < 4.78 is 39.4. The molecule has 3 nitrogen and oxygen atoms in total. The summed E-state index contributed by atoms with van der Waals surface area (Å²) in [6.45, 7) is 0. The number of hydrogen-bond donors (Lipinski definition) is 0. The summed E-state index contributed by atoms with van der Waals surface area (Å²) in [5.74, 6) is -0.747. The predicted molar refractivity (Wildman–Crippen MR) is 76.1 cm³/mol. The van der Waals surface area contributed by atoms with E-state index in [-0.39, 0.29) is 4.47 Å². The number of aromatic nitrogens is 1. The normalized spacial score (nSPS) is 11.3. The zero-order chi connectivity index (χ0) is 15.6. The van der Waals surface area contributed by atoms with E-state index in [1.807, 2.05) is 0 Å². The molecule has 0 bridgehead atoms. The van der Waals surface area contributed by atoms with E-state index in [1.54, 1.807) is 12.1 Å². The number of nitrogens with zero attached hydrogens (tertiary/aromatic N) is 2. The van der Waals surface area contributed by atoms with Crippen molar-refractivity contribution in [2.75, 3.05) is 11.9 Å². The molecule has 0 unspecified atom stereocenters. The van der Waals surface area contributed by atoms with Crippen LogP contribution < -0.4 is 4.90 Å². The molecule has 0 radical (unpaired) electrons. The van der Waals surface area contributed by atoms with Gasteiger partial charge in [0.05, 0.1) is 23.0 Å². The van der Waals surface area contributed by atoms with Gasteiger partial charge in [-0.15, -0.1) is 0 Å². The Kier molecular flexibility index (Phi) is 4.32. The fourth-order valence-corrected chi connectivity index (χ4v) is 2.15. The van der Waals surface area contributed by atoms with Crippen LogP contribution in [0.1, 0.15) is 15.9 Å². The van der Waals surface area contributed by atoms with E-state index >= 15 is 0 Å². The maximum absolute atomic E-state index is 13.1. The summed E-state index contributed by atoms with van der Waals surface area (Å²) in [7, 11) is 1.40. The van der Waals surface area contributed by atoms with E-state index in [1.165, 1.54) is 25.5 Å². The minimum absolute atomic E-state index is 0.260. The number of benzene rings is 1. The first kappa shape index (κ1) is 15.5. The van der Waals surface area contributed by atoms with Crippen molar-refractivity contribution >= 4 is 27.5 Å². The van der Waals surface area contributed by atoms with Crippen LogP contribution in [0.15, 0.2) is 47.2 Å².